The third kappa shape index (κ3) is 8.36. The largest absolute Gasteiger partial charge is 0.593 e. The number of aliphatic hydroxyl groups is 1. The molecule has 39 heavy (non-hydrogen) atoms. The summed E-state index contributed by atoms with van der Waals surface area (Å²) in [6.07, 6.45) is 8.75. The van der Waals surface area contributed by atoms with Gasteiger partial charge in [0.05, 0.1) is 35.7 Å². The lowest BCUT2D eigenvalue weighted by molar-refractivity contribution is -0.118. The average molecular weight is 553 g/mol. The van der Waals surface area contributed by atoms with Gasteiger partial charge in [0.25, 0.3) is 5.91 Å². The van der Waals surface area contributed by atoms with Gasteiger partial charge in [0.15, 0.2) is 5.25 Å². The fourth-order valence-corrected chi connectivity index (χ4v) is 5.35. The Kier molecular flexibility index (Phi) is 9.37. The Hall–Kier alpha value is -3.27. The number of ether oxygens (including phenoxy) is 3. The molecular weight excluding hydrogens is 516 g/mol. The second-order valence-corrected chi connectivity index (χ2v) is 11.8. The number of carbonyl (C=O) groups excluding carboxylic acids is 1. The highest BCUT2D eigenvalue weighted by atomic mass is 32.2. The predicted molar refractivity (Wildman–Crippen MR) is 151 cm³/mol. The van der Waals surface area contributed by atoms with Gasteiger partial charge in [-0.2, -0.15) is 4.72 Å². The van der Waals surface area contributed by atoms with E-state index in [0.29, 0.717) is 42.5 Å². The van der Waals surface area contributed by atoms with Crippen molar-refractivity contribution in [3.63, 3.8) is 0 Å². The molecule has 0 saturated carbocycles. The van der Waals surface area contributed by atoms with E-state index in [0.717, 1.165) is 29.7 Å². The van der Waals surface area contributed by atoms with Gasteiger partial charge in [-0.1, -0.05) is 30.9 Å². The number of allylic oxidation sites excluding steroid dienone is 3. The Morgan fingerprint density at radius 3 is 2.67 bits per heavy atom. The van der Waals surface area contributed by atoms with E-state index in [-0.39, 0.29) is 23.7 Å². The van der Waals surface area contributed by atoms with Crippen molar-refractivity contribution in [1.82, 2.24) is 9.71 Å². The third-order valence-corrected chi connectivity index (χ3v) is 7.88. The lowest BCUT2D eigenvalue weighted by atomic mass is 10.1. The summed E-state index contributed by atoms with van der Waals surface area (Å²) in [5.74, 6) is 2.31. The van der Waals surface area contributed by atoms with Crippen molar-refractivity contribution in [3.8, 4) is 17.4 Å². The van der Waals surface area contributed by atoms with Crippen molar-refractivity contribution in [1.29, 1.82) is 0 Å². The summed E-state index contributed by atoms with van der Waals surface area (Å²) in [6, 6.07) is 11.1. The summed E-state index contributed by atoms with van der Waals surface area (Å²) in [6.45, 7) is 9.96. The van der Waals surface area contributed by atoms with E-state index in [9.17, 15) is 14.5 Å². The number of aryl methyl sites for hydroxylation is 1. The number of nitrogens with one attached hydrogen (secondary N) is 1. The van der Waals surface area contributed by atoms with Gasteiger partial charge >= 0.3 is 0 Å². The molecule has 4 rings (SSSR count). The van der Waals surface area contributed by atoms with Crippen molar-refractivity contribution in [2.45, 2.75) is 69.8 Å². The number of hydrogen-bond acceptors (Lipinski definition) is 7. The Morgan fingerprint density at radius 1 is 1.23 bits per heavy atom. The van der Waals surface area contributed by atoms with E-state index < -0.39 is 17.0 Å². The molecule has 0 bridgehead atoms. The van der Waals surface area contributed by atoms with E-state index in [2.05, 4.69) is 16.3 Å². The summed E-state index contributed by atoms with van der Waals surface area (Å²) < 4.78 is 32.6. The summed E-state index contributed by atoms with van der Waals surface area (Å²) in [5.41, 5.74) is 1.62. The van der Waals surface area contributed by atoms with Crippen LogP contribution in [0, 0.1) is 6.92 Å². The molecule has 208 valence electrons. The second kappa shape index (κ2) is 12.7. The SMILES string of the molecule is C=C1CC[C@@H](Oc2ccc(C3CC(=O)N[S+]3[O-])cc2)C/C=C\C=C1Oc1ccc(OCCC(C)(C)O)nc1C. The molecule has 2 unspecified atom stereocenters. The quantitative estimate of drug-likeness (QED) is 0.413. The fraction of sp³-hybridized carbons (Fsp3) is 0.400. The molecule has 8 nitrogen and oxygen atoms in total. The van der Waals surface area contributed by atoms with Crippen LogP contribution < -0.4 is 18.9 Å². The Morgan fingerprint density at radius 2 is 2.00 bits per heavy atom. The number of rotatable bonds is 9. The maximum absolute atomic E-state index is 12.1. The number of amides is 1. The van der Waals surface area contributed by atoms with Gasteiger partial charge in [-0.15, -0.1) is 0 Å². The normalized spacial score (nSPS) is 22.7. The number of carbonyl (C=O) groups is 1. The molecule has 2 aliphatic rings. The van der Waals surface area contributed by atoms with Crippen LogP contribution in [0.2, 0.25) is 0 Å². The Balaban J connectivity index is 1.31. The highest BCUT2D eigenvalue weighted by molar-refractivity contribution is 7.90. The smallest absolute Gasteiger partial charge is 0.266 e. The van der Waals surface area contributed by atoms with Crippen LogP contribution in [0.4, 0.5) is 0 Å². The van der Waals surface area contributed by atoms with E-state index in [1.165, 1.54) is 0 Å². The van der Waals surface area contributed by atoms with Crippen molar-refractivity contribution in [2.75, 3.05) is 6.61 Å². The number of nitrogens with zero attached hydrogens (tertiary/aromatic N) is 1. The fourth-order valence-electron chi connectivity index (χ4n) is 4.19. The Labute approximate surface area is 233 Å². The van der Waals surface area contributed by atoms with Gasteiger partial charge in [-0.3, -0.25) is 4.79 Å². The zero-order valence-corrected chi connectivity index (χ0v) is 23.5. The first-order valence-corrected chi connectivity index (χ1v) is 14.3. The zero-order valence-electron chi connectivity index (χ0n) is 22.6. The molecule has 1 aliphatic heterocycles. The van der Waals surface area contributed by atoms with Crippen molar-refractivity contribution < 1.29 is 28.7 Å². The first-order chi connectivity index (χ1) is 18.6. The number of pyridine rings is 1. The minimum absolute atomic E-state index is 0.0517. The highest BCUT2D eigenvalue weighted by Crippen LogP contribution is 2.32. The summed E-state index contributed by atoms with van der Waals surface area (Å²) in [5, 5.41) is 9.52. The molecule has 3 atom stereocenters. The Bertz CT molecular complexity index is 1240. The van der Waals surface area contributed by atoms with Gasteiger partial charge < -0.3 is 23.9 Å². The first-order valence-electron chi connectivity index (χ1n) is 13.1. The van der Waals surface area contributed by atoms with E-state index in [1.54, 1.807) is 19.9 Å². The summed E-state index contributed by atoms with van der Waals surface area (Å²) in [4.78, 5) is 16.0. The van der Waals surface area contributed by atoms with E-state index in [4.69, 9.17) is 14.2 Å². The molecule has 1 fully saturated rings. The van der Waals surface area contributed by atoms with Crippen LogP contribution >= 0.6 is 0 Å². The molecule has 9 heteroatoms. The van der Waals surface area contributed by atoms with Gasteiger partial charge in [0.2, 0.25) is 5.88 Å². The van der Waals surface area contributed by atoms with Crippen LogP contribution in [0.3, 0.4) is 0 Å². The molecule has 2 N–H and O–H groups in total. The number of benzene rings is 1. The van der Waals surface area contributed by atoms with Crippen LogP contribution in [-0.2, 0) is 16.2 Å². The van der Waals surface area contributed by atoms with Crippen molar-refractivity contribution in [3.05, 3.63) is 83.8 Å². The van der Waals surface area contributed by atoms with Crippen LogP contribution in [0.1, 0.15) is 62.5 Å². The molecule has 2 aromatic rings. The van der Waals surface area contributed by atoms with Gasteiger partial charge in [-0.25, -0.2) is 4.98 Å². The van der Waals surface area contributed by atoms with E-state index >= 15 is 0 Å². The first kappa shape index (κ1) is 28.7. The highest BCUT2D eigenvalue weighted by Gasteiger charge is 2.37. The maximum Gasteiger partial charge on any atom is 0.266 e. The predicted octanol–water partition coefficient (Wildman–Crippen LogP) is 5.16. The average Bonchev–Trinajstić information content (AvgIpc) is 3.25. The van der Waals surface area contributed by atoms with Crippen LogP contribution in [0.15, 0.2) is 72.5 Å². The van der Waals surface area contributed by atoms with Crippen molar-refractivity contribution >= 4 is 17.3 Å². The van der Waals surface area contributed by atoms with Gasteiger partial charge in [-0.05, 0) is 63.5 Å². The third-order valence-electron chi connectivity index (χ3n) is 6.49. The minimum atomic E-state index is -1.39. The van der Waals surface area contributed by atoms with Crippen LogP contribution in [-0.4, -0.2) is 38.9 Å². The molecular formula is C30H36N2O6S. The molecule has 1 aromatic carbocycles. The van der Waals surface area contributed by atoms with Gasteiger partial charge in [0.1, 0.15) is 23.4 Å². The molecule has 1 amide bonds. The van der Waals surface area contributed by atoms with Crippen LogP contribution in [0.25, 0.3) is 0 Å². The summed E-state index contributed by atoms with van der Waals surface area (Å²) in [7, 11) is 0. The van der Waals surface area contributed by atoms with Crippen LogP contribution in [0.5, 0.6) is 17.4 Å². The second-order valence-electron chi connectivity index (χ2n) is 10.4. The summed E-state index contributed by atoms with van der Waals surface area (Å²) >= 11 is -1.39. The topological polar surface area (TPSA) is 113 Å². The molecule has 1 saturated heterocycles. The molecule has 0 radical (unpaired) electrons. The zero-order chi connectivity index (χ0) is 28.0. The minimum Gasteiger partial charge on any atom is -0.593 e. The van der Waals surface area contributed by atoms with E-state index in [1.807, 2.05) is 55.5 Å². The van der Waals surface area contributed by atoms with Gasteiger partial charge in [0, 0.05) is 24.5 Å². The molecule has 1 aromatic heterocycles. The monoisotopic (exact) mass is 552 g/mol. The lowest BCUT2D eigenvalue weighted by Crippen LogP contribution is -2.22. The standard InChI is InChI=1S/C30H36N2O6S/c1-20-9-12-23(37-24-13-10-22(11-14-24)27-19-28(33)32-39(27)35)7-5-6-8-25(20)38-26-15-16-29(31-21(26)2)36-18-17-30(3,4)34/h5-6,8,10-11,13-16,23,27,34H,1,7,9,12,17-19H2,2-4H3,(H,32,33)/b6-5-,25-8?/t23-,27?,39?/m0/s1. The number of hydrogen-bond donors (Lipinski definition) is 2. The molecule has 0 spiro atoms. The van der Waals surface area contributed by atoms with Crippen molar-refractivity contribution in [2.24, 2.45) is 0 Å². The molecule has 1 aliphatic carbocycles. The maximum atomic E-state index is 12.1. The molecule has 2 heterocycles. The lowest BCUT2D eigenvalue weighted by Gasteiger charge is -2.19. The number of aromatic nitrogens is 1.